The summed E-state index contributed by atoms with van der Waals surface area (Å²) in [6.07, 6.45) is 0.704. The summed E-state index contributed by atoms with van der Waals surface area (Å²) in [5.74, 6) is -0.0719. The van der Waals surface area contributed by atoms with Crippen molar-refractivity contribution in [3.8, 4) is 0 Å². The Morgan fingerprint density at radius 1 is 1.29 bits per heavy atom. The number of carbonyl (C=O) groups is 2. The summed E-state index contributed by atoms with van der Waals surface area (Å²) in [4.78, 5) is 24.1. The summed E-state index contributed by atoms with van der Waals surface area (Å²) in [6.45, 7) is 0.372. The number of amides is 1. The lowest BCUT2D eigenvalue weighted by molar-refractivity contribution is -0.121. The van der Waals surface area contributed by atoms with Crippen LogP contribution >= 0.6 is 38.5 Å². The van der Waals surface area contributed by atoms with Gasteiger partial charge in [-0.05, 0) is 45.6 Å². The summed E-state index contributed by atoms with van der Waals surface area (Å²) in [5, 5.41) is 2.83. The predicted octanol–water partition coefficient (Wildman–Crippen LogP) is 4.15. The Morgan fingerprint density at radius 2 is 2.04 bits per heavy atom. The van der Waals surface area contributed by atoms with Gasteiger partial charge in [0.2, 0.25) is 5.91 Å². The number of Topliss-reactive ketones (excluding diaryl/α,β-unsaturated/α-hetero) is 1. The quantitative estimate of drug-likeness (QED) is 0.496. The first-order valence-corrected chi connectivity index (χ1v) is 9.50. The van der Waals surface area contributed by atoms with Crippen LogP contribution in [0.25, 0.3) is 0 Å². The van der Waals surface area contributed by atoms with Crippen molar-refractivity contribution in [3.05, 3.63) is 63.6 Å². The lowest BCUT2D eigenvalue weighted by Gasteiger charge is -2.10. The maximum absolute atomic E-state index is 12.1. The normalized spacial score (nSPS) is 16.1. The van der Waals surface area contributed by atoms with Gasteiger partial charge in [0.1, 0.15) is 6.61 Å². The van der Waals surface area contributed by atoms with E-state index in [1.54, 1.807) is 6.07 Å². The van der Waals surface area contributed by atoms with Crippen LogP contribution in [0.3, 0.4) is 0 Å². The Morgan fingerprint density at radius 3 is 2.79 bits per heavy atom. The van der Waals surface area contributed by atoms with Crippen LogP contribution in [0.2, 0.25) is 0 Å². The van der Waals surface area contributed by atoms with E-state index in [9.17, 15) is 9.59 Å². The van der Waals surface area contributed by atoms with Gasteiger partial charge in [0.05, 0.1) is 16.2 Å². The molecule has 0 bridgehead atoms. The van der Waals surface area contributed by atoms with Crippen molar-refractivity contribution in [2.24, 2.45) is 0 Å². The van der Waals surface area contributed by atoms with Gasteiger partial charge in [0.15, 0.2) is 5.78 Å². The molecule has 2 aromatic carbocycles. The number of carbonyl (C=O) groups excluding carboxylic acids is 2. The molecule has 1 aliphatic rings. The average molecular weight is 500 g/mol. The molecule has 1 amide bonds. The largest absolute Gasteiger partial charge is 0.367 e. The number of hydrogen-bond acceptors (Lipinski definition) is 3. The molecule has 0 spiro atoms. The number of hydrogen-bond donors (Lipinski definition) is 1. The Hall–Kier alpha value is -1.25. The summed E-state index contributed by atoms with van der Waals surface area (Å²) in [7, 11) is 0. The van der Waals surface area contributed by atoms with Gasteiger partial charge >= 0.3 is 0 Å². The summed E-state index contributed by atoms with van der Waals surface area (Å²) < 4.78 is 6.12. The molecule has 1 aliphatic carbocycles. The molecule has 0 saturated carbocycles. The van der Waals surface area contributed by atoms with Crippen LogP contribution < -0.4 is 5.32 Å². The standard InChI is InChI=1S/C18H15BrINO3/c19-14-8-13-12(6-15(20)18(13)23)7-16(14)21-17(22)10-24-9-11-4-2-1-3-5-11/h1-5,7-8,15H,6,9-10H2,(H,21,22). The van der Waals surface area contributed by atoms with Crippen molar-refractivity contribution in [1.82, 2.24) is 0 Å². The van der Waals surface area contributed by atoms with Gasteiger partial charge in [-0.3, -0.25) is 9.59 Å². The maximum atomic E-state index is 12.1. The highest BCUT2D eigenvalue weighted by Crippen LogP contribution is 2.34. The van der Waals surface area contributed by atoms with Gasteiger partial charge in [-0.1, -0.05) is 52.9 Å². The second kappa shape index (κ2) is 7.76. The van der Waals surface area contributed by atoms with E-state index in [-0.39, 0.29) is 22.2 Å². The van der Waals surface area contributed by atoms with E-state index in [1.165, 1.54) is 0 Å². The Kier molecular flexibility index (Phi) is 5.68. The Bertz CT molecular complexity index is 779. The van der Waals surface area contributed by atoms with Crippen molar-refractivity contribution >= 4 is 55.9 Å². The smallest absolute Gasteiger partial charge is 0.250 e. The second-order valence-electron chi connectivity index (χ2n) is 5.55. The molecule has 0 heterocycles. The van der Waals surface area contributed by atoms with E-state index in [0.717, 1.165) is 16.7 Å². The van der Waals surface area contributed by atoms with E-state index in [4.69, 9.17) is 4.74 Å². The van der Waals surface area contributed by atoms with Gasteiger partial charge in [-0.2, -0.15) is 0 Å². The molecule has 6 heteroatoms. The van der Waals surface area contributed by atoms with Gasteiger partial charge in [-0.25, -0.2) is 0 Å². The minimum atomic E-state index is -0.220. The highest BCUT2D eigenvalue weighted by atomic mass is 127. The highest BCUT2D eigenvalue weighted by Gasteiger charge is 2.29. The SMILES string of the molecule is O=C(COCc1ccccc1)Nc1cc2c(cc1Br)C(=O)C(I)C2. The molecule has 2 aromatic rings. The third kappa shape index (κ3) is 4.04. The summed E-state index contributed by atoms with van der Waals surface area (Å²) >= 11 is 5.57. The van der Waals surface area contributed by atoms with Crippen LogP contribution in [0.4, 0.5) is 5.69 Å². The molecule has 0 saturated heterocycles. The fourth-order valence-corrected chi connectivity index (χ4v) is 3.84. The third-order valence-corrected chi connectivity index (χ3v) is 5.42. The van der Waals surface area contributed by atoms with Gasteiger partial charge in [-0.15, -0.1) is 0 Å². The molecule has 1 N–H and O–H groups in total. The number of halogens is 2. The molecule has 1 unspecified atom stereocenters. The topological polar surface area (TPSA) is 55.4 Å². The zero-order chi connectivity index (χ0) is 17.1. The number of nitrogens with one attached hydrogen (secondary N) is 1. The van der Waals surface area contributed by atoms with Crippen LogP contribution in [0, 0.1) is 0 Å². The molecule has 0 aliphatic heterocycles. The first-order chi connectivity index (χ1) is 11.5. The van der Waals surface area contributed by atoms with Crippen molar-refractivity contribution in [3.63, 3.8) is 0 Å². The number of ketones is 1. The number of fused-ring (bicyclic) bond motifs is 1. The van der Waals surface area contributed by atoms with E-state index in [1.807, 2.05) is 36.4 Å². The van der Waals surface area contributed by atoms with Gasteiger partial charge in [0, 0.05) is 10.0 Å². The molecule has 24 heavy (non-hydrogen) atoms. The number of benzene rings is 2. The number of alkyl halides is 1. The minimum absolute atomic E-state index is 0.0216. The second-order valence-corrected chi connectivity index (χ2v) is 7.91. The first-order valence-electron chi connectivity index (χ1n) is 7.47. The summed E-state index contributed by atoms with van der Waals surface area (Å²) in [5.41, 5.74) is 3.40. The average Bonchev–Trinajstić information content (AvgIpc) is 2.83. The van der Waals surface area contributed by atoms with Gasteiger partial charge < -0.3 is 10.1 Å². The lowest BCUT2D eigenvalue weighted by Crippen LogP contribution is -2.18. The van der Waals surface area contributed by atoms with E-state index in [0.29, 0.717) is 23.2 Å². The molecule has 124 valence electrons. The fourth-order valence-electron chi connectivity index (χ4n) is 2.59. The first kappa shape index (κ1) is 17.6. The predicted molar refractivity (Wildman–Crippen MR) is 105 cm³/mol. The van der Waals surface area contributed by atoms with Gasteiger partial charge in [0.25, 0.3) is 0 Å². The van der Waals surface area contributed by atoms with E-state index < -0.39 is 0 Å². The zero-order valence-corrected chi connectivity index (χ0v) is 16.5. The summed E-state index contributed by atoms with van der Waals surface area (Å²) in [6, 6.07) is 13.4. The number of rotatable bonds is 5. The molecule has 0 radical (unpaired) electrons. The van der Waals surface area contributed by atoms with Crippen molar-refractivity contribution in [2.45, 2.75) is 17.0 Å². The molecule has 0 fully saturated rings. The Labute approximate surface area is 162 Å². The van der Waals surface area contributed by atoms with Crippen LogP contribution in [0.1, 0.15) is 21.5 Å². The highest BCUT2D eigenvalue weighted by molar-refractivity contribution is 14.1. The molecular weight excluding hydrogens is 485 g/mol. The van der Waals surface area contributed by atoms with Crippen LogP contribution in [0.15, 0.2) is 46.9 Å². The molecule has 1 atom stereocenters. The molecular formula is C18H15BrINO3. The monoisotopic (exact) mass is 499 g/mol. The zero-order valence-electron chi connectivity index (χ0n) is 12.7. The van der Waals surface area contributed by atoms with Crippen molar-refractivity contribution in [2.75, 3.05) is 11.9 Å². The number of ether oxygens (including phenoxy) is 1. The van der Waals surface area contributed by atoms with Crippen LogP contribution in [-0.2, 0) is 22.6 Å². The number of anilines is 1. The van der Waals surface area contributed by atoms with Crippen LogP contribution in [0.5, 0.6) is 0 Å². The maximum Gasteiger partial charge on any atom is 0.250 e. The van der Waals surface area contributed by atoms with Crippen LogP contribution in [-0.4, -0.2) is 22.2 Å². The third-order valence-electron chi connectivity index (χ3n) is 3.76. The minimum Gasteiger partial charge on any atom is -0.367 e. The van der Waals surface area contributed by atoms with E-state index in [2.05, 4.69) is 43.8 Å². The molecule has 4 nitrogen and oxygen atoms in total. The molecule has 3 rings (SSSR count). The van der Waals surface area contributed by atoms with Crippen molar-refractivity contribution < 1.29 is 14.3 Å². The molecule has 0 aromatic heterocycles. The Balaban J connectivity index is 1.59. The fraction of sp³-hybridized carbons (Fsp3) is 0.222. The van der Waals surface area contributed by atoms with Crippen molar-refractivity contribution in [1.29, 1.82) is 0 Å². The lowest BCUT2D eigenvalue weighted by atomic mass is 10.1. The van der Waals surface area contributed by atoms with E-state index >= 15 is 0 Å².